The standard InChI is InChI=1S/C18H18ClNO2/c1-2-13-22-17-9-5-15(6-10-17)18(21)20-12-11-14-3-7-16(19)8-4-14/h2-10H,1,11-13H2,(H,20,21). The molecule has 0 aliphatic heterocycles. The van der Waals surface area contributed by atoms with Gasteiger partial charge in [-0.15, -0.1) is 0 Å². The fourth-order valence-electron chi connectivity index (χ4n) is 1.93. The van der Waals surface area contributed by atoms with Crippen LogP contribution in [0.4, 0.5) is 0 Å². The van der Waals surface area contributed by atoms with Gasteiger partial charge in [0, 0.05) is 17.1 Å². The van der Waals surface area contributed by atoms with Crippen molar-refractivity contribution in [3.63, 3.8) is 0 Å². The minimum atomic E-state index is -0.0933. The SMILES string of the molecule is C=CCOc1ccc(C(=O)NCCc2ccc(Cl)cc2)cc1. The van der Waals surface area contributed by atoms with Gasteiger partial charge < -0.3 is 10.1 Å². The monoisotopic (exact) mass is 315 g/mol. The third-order valence-electron chi connectivity index (χ3n) is 3.10. The molecule has 22 heavy (non-hydrogen) atoms. The molecule has 2 aromatic rings. The van der Waals surface area contributed by atoms with E-state index >= 15 is 0 Å². The number of amides is 1. The Morgan fingerprint density at radius 3 is 2.45 bits per heavy atom. The molecule has 114 valence electrons. The van der Waals surface area contributed by atoms with Gasteiger partial charge in [0.05, 0.1) is 0 Å². The maximum Gasteiger partial charge on any atom is 0.251 e. The van der Waals surface area contributed by atoms with Gasteiger partial charge >= 0.3 is 0 Å². The second-order valence-corrected chi connectivity index (χ2v) is 5.19. The van der Waals surface area contributed by atoms with Crippen LogP contribution in [-0.4, -0.2) is 19.1 Å². The van der Waals surface area contributed by atoms with Crippen molar-refractivity contribution in [3.05, 3.63) is 77.3 Å². The van der Waals surface area contributed by atoms with E-state index in [0.29, 0.717) is 23.7 Å². The predicted octanol–water partition coefficient (Wildman–Crippen LogP) is 3.88. The Morgan fingerprint density at radius 1 is 1.14 bits per heavy atom. The lowest BCUT2D eigenvalue weighted by molar-refractivity contribution is 0.0954. The number of ether oxygens (including phenoxy) is 1. The summed E-state index contributed by atoms with van der Waals surface area (Å²) in [7, 11) is 0. The largest absolute Gasteiger partial charge is 0.490 e. The van der Waals surface area contributed by atoms with Crippen LogP contribution in [0.25, 0.3) is 0 Å². The van der Waals surface area contributed by atoms with E-state index in [0.717, 1.165) is 17.7 Å². The fourth-order valence-corrected chi connectivity index (χ4v) is 2.06. The fraction of sp³-hybridized carbons (Fsp3) is 0.167. The molecule has 0 atom stereocenters. The molecule has 1 amide bonds. The normalized spacial score (nSPS) is 10.0. The van der Waals surface area contributed by atoms with Gasteiger partial charge in [0.25, 0.3) is 5.91 Å². The van der Waals surface area contributed by atoms with Crippen molar-refractivity contribution in [1.82, 2.24) is 5.32 Å². The van der Waals surface area contributed by atoms with Crippen molar-refractivity contribution in [2.24, 2.45) is 0 Å². The summed E-state index contributed by atoms with van der Waals surface area (Å²) in [6.45, 7) is 4.62. The van der Waals surface area contributed by atoms with Crippen LogP contribution in [0.3, 0.4) is 0 Å². The summed E-state index contributed by atoms with van der Waals surface area (Å²) in [6, 6.07) is 14.7. The first-order chi connectivity index (χ1) is 10.7. The molecule has 0 bridgehead atoms. The molecule has 0 saturated heterocycles. The van der Waals surface area contributed by atoms with Crippen molar-refractivity contribution in [3.8, 4) is 5.75 Å². The molecule has 0 fully saturated rings. The van der Waals surface area contributed by atoms with Gasteiger partial charge in [-0.05, 0) is 48.4 Å². The number of hydrogen-bond acceptors (Lipinski definition) is 2. The number of rotatable bonds is 7. The summed E-state index contributed by atoms with van der Waals surface area (Å²) in [6.07, 6.45) is 2.45. The number of carbonyl (C=O) groups excluding carboxylic acids is 1. The summed E-state index contributed by atoms with van der Waals surface area (Å²) in [5.41, 5.74) is 1.75. The zero-order chi connectivity index (χ0) is 15.8. The molecule has 1 N–H and O–H groups in total. The van der Waals surface area contributed by atoms with Crippen LogP contribution in [0.1, 0.15) is 15.9 Å². The van der Waals surface area contributed by atoms with Crippen LogP contribution in [0, 0.1) is 0 Å². The molecule has 0 aliphatic rings. The first-order valence-corrected chi connectivity index (χ1v) is 7.43. The minimum absolute atomic E-state index is 0.0933. The average Bonchev–Trinajstić information content (AvgIpc) is 2.55. The van der Waals surface area contributed by atoms with Crippen LogP contribution in [0.5, 0.6) is 5.75 Å². The molecule has 4 heteroatoms. The maximum absolute atomic E-state index is 12.0. The van der Waals surface area contributed by atoms with Gasteiger partial charge in [-0.2, -0.15) is 0 Å². The number of nitrogens with one attached hydrogen (secondary N) is 1. The highest BCUT2D eigenvalue weighted by Crippen LogP contribution is 2.12. The first kappa shape index (κ1) is 16.1. The second kappa shape index (κ2) is 8.25. The summed E-state index contributed by atoms with van der Waals surface area (Å²) < 4.78 is 5.38. The Morgan fingerprint density at radius 2 is 1.82 bits per heavy atom. The highest BCUT2D eigenvalue weighted by Gasteiger charge is 2.05. The van der Waals surface area contributed by atoms with E-state index in [9.17, 15) is 4.79 Å². The molecule has 0 saturated carbocycles. The summed E-state index contributed by atoms with van der Waals surface area (Å²) in [5.74, 6) is 0.627. The van der Waals surface area contributed by atoms with Gasteiger partial charge in [0.15, 0.2) is 0 Å². The number of halogens is 1. The number of carbonyl (C=O) groups is 1. The van der Waals surface area contributed by atoms with Gasteiger partial charge in [-0.1, -0.05) is 36.4 Å². The van der Waals surface area contributed by atoms with E-state index in [2.05, 4.69) is 11.9 Å². The lowest BCUT2D eigenvalue weighted by atomic mass is 10.1. The van der Waals surface area contributed by atoms with Gasteiger partial charge in [0.2, 0.25) is 0 Å². The molecule has 2 rings (SSSR count). The quantitative estimate of drug-likeness (QED) is 0.787. The zero-order valence-electron chi connectivity index (χ0n) is 12.2. The number of benzene rings is 2. The van der Waals surface area contributed by atoms with E-state index in [1.165, 1.54) is 0 Å². The summed E-state index contributed by atoms with van der Waals surface area (Å²) >= 11 is 5.84. The molecular weight excluding hydrogens is 298 g/mol. The number of hydrogen-bond donors (Lipinski definition) is 1. The van der Waals surface area contributed by atoms with Gasteiger partial charge in [-0.3, -0.25) is 4.79 Å². The lowest BCUT2D eigenvalue weighted by Crippen LogP contribution is -2.25. The van der Waals surface area contributed by atoms with Crippen LogP contribution in [-0.2, 0) is 6.42 Å². The van der Waals surface area contributed by atoms with Crippen molar-refractivity contribution < 1.29 is 9.53 Å². The molecular formula is C18H18ClNO2. The smallest absolute Gasteiger partial charge is 0.251 e. The third kappa shape index (κ3) is 4.93. The Balaban J connectivity index is 1.81. The Labute approximate surface area is 135 Å². The van der Waals surface area contributed by atoms with Gasteiger partial charge in [0.1, 0.15) is 12.4 Å². The second-order valence-electron chi connectivity index (χ2n) is 4.76. The molecule has 0 aromatic heterocycles. The topological polar surface area (TPSA) is 38.3 Å². The van der Waals surface area contributed by atoms with E-state index in [-0.39, 0.29) is 5.91 Å². The molecule has 0 radical (unpaired) electrons. The molecule has 0 heterocycles. The summed E-state index contributed by atoms with van der Waals surface area (Å²) in [5, 5.41) is 3.61. The van der Waals surface area contributed by atoms with Crippen molar-refractivity contribution in [2.75, 3.05) is 13.2 Å². The summed E-state index contributed by atoms with van der Waals surface area (Å²) in [4.78, 5) is 12.0. The van der Waals surface area contributed by atoms with Crippen LogP contribution >= 0.6 is 11.6 Å². The highest BCUT2D eigenvalue weighted by atomic mass is 35.5. The lowest BCUT2D eigenvalue weighted by Gasteiger charge is -2.07. The van der Waals surface area contributed by atoms with E-state index < -0.39 is 0 Å². The van der Waals surface area contributed by atoms with Gasteiger partial charge in [-0.25, -0.2) is 0 Å². The first-order valence-electron chi connectivity index (χ1n) is 7.05. The highest BCUT2D eigenvalue weighted by molar-refractivity contribution is 6.30. The van der Waals surface area contributed by atoms with Crippen molar-refractivity contribution >= 4 is 17.5 Å². The van der Waals surface area contributed by atoms with Crippen LogP contribution in [0.2, 0.25) is 5.02 Å². The van der Waals surface area contributed by atoms with Crippen molar-refractivity contribution in [2.45, 2.75) is 6.42 Å². The molecule has 0 aliphatic carbocycles. The van der Waals surface area contributed by atoms with Crippen LogP contribution < -0.4 is 10.1 Å². The Hall–Kier alpha value is -2.26. The predicted molar refractivity (Wildman–Crippen MR) is 89.6 cm³/mol. The third-order valence-corrected chi connectivity index (χ3v) is 3.35. The van der Waals surface area contributed by atoms with Crippen molar-refractivity contribution in [1.29, 1.82) is 0 Å². The molecule has 0 unspecified atom stereocenters. The Bertz CT molecular complexity index is 621. The average molecular weight is 316 g/mol. The maximum atomic E-state index is 12.0. The molecule has 3 nitrogen and oxygen atoms in total. The Kier molecular flexibility index (Phi) is 6.04. The van der Waals surface area contributed by atoms with E-state index in [4.69, 9.17) is 16.3 Å². The minimum Gasteiger partial charge on any atom is -0.490 e. The molecule has 2 aromatic carbocycles. The zero-order valence-corrected chi connectivity index (χ0v) is 13.0. The van der Waals surface area contributed by atoms with Crippen LogP contribution in [0.15, 0.2) is 61.2 Å². The van der Waals surface area contributed by atoms with E-state index in [1.807, 2.05) is 24.3 Å². The van der Waals surface area contributed by atoms with E-state index in [1.54, 1.807) is 30.3 Å². The molecule has 0 spiro atoms.